The molecule has 0 fully saturated rings. The quantitative estimate of drug-likeness (QED) is 0.192. The van der Waals surface area contributed by atoms with Crippen molar-refractivity contribution in [2.75, 3.05) is 13.2 Å². The first-order chi connectivity index (χ1) is 15.7. The Balaban J connectivity index is 1.92. The summed E-state index contributed by atoms with van der Waals surface area (Å²) in [4.78, 5) is 27.7. The smallest absolute Gasteiger partial charge is 0.338 e. The highest BCUT2D eigenvalue weighted by Crippen LogP contribution is 2.41. The molecule has 0 aliphatic carbocycles. The van der Waals surface area contributed by atoms with E-state index in [4.69, 9.17) is 9.47 Å². The van der Waals surface area contributed by atoms with Crippen molar-refractivity contribution in [1.82, 2.24) is 0 Å². The summed E-state index contributed by atoms with van der Waals surface area (Å²) in [5, 5.41) is 1.95. The Bertz CT molecular complexity index is 1280. The Morgan fingerprint density at radius 2 is 1.39 bits per heavy atom. The number of esters is 2. The normalized spacial score (nSPS) is 11.7. The maximum absolute atomic E-state index is 13.0. The van der Waals surface area contributed by atoms with Gasteiger partial charge in [0.25, 0.3) is 0 Å². The van der Waals surface area contributed by atoms with Gasteiger partial charge in [-0.2, -0.15) is 0 Å². The van der Waals surface area contributed by atoms with Gasteiger partial charge in [0.1, 0.15) is 0 Å². The Labute approximate surface area is 206 Å². The van der Waals surface area contributed by atoms with Crippen molar-refractivity contribution in [3.8, 4) is 20.9 Å². The molecule has 0 spiro atoms. The van der Waals surface area contributed by atoms with Crippen LogP contribution in [0, 0.1) is 0 Å². The predicted molar refractivity (Wildman–Crippen MR) is 143 cm³/mol. The van der Waals surface area contributed by atoms with Gasteiger partial charge in [0.2, 0.25) is 0 Å². The second kappa shape index (κ2) is 9.54. The third kappa shape index (κ3) is 4.84. The summed E-state index contributed by atoms with van der Waals surface area (Å²) in [5.74, 6) is -0.780. The van der Waals surface area contributed by atoms with Gasteiger partial charge in [0, 0.05) is 30.3 Å². The first-order valence-electron chi connectivity index (χ1n) is 10.8. The van der Waals surface area contributed by atoms with Crippen molar-refractivity contribution in [1.29, 1.82) is 0 Å². The lowest BCUT2D eigenvalue weighted by Crippen LogP contribution is -2.34. The zero-order valence-corrected chi connectivity index (χ0v) is 22.8. The van der Waals surface area contributed by atoms with E-state index in [0.717, 1.165) is 9.75 Å². The first-order valence-corrected chi connectivity index (χ1v) is 16.8. The van der Waals surface area contributed by atoms with Gasteiger partial charge in [-0.15, -0.1) is 34.0 Å². The van der Waals surface area contributed by atoms with Crippen LogP contribution in [0.5, 0.6) is 0 Å². The number of rotatable bonds is 7. The average molecular weight is 515 g/mol. The highest BCUT2D eigenvalue weighted by molar-refractivity contribution is 7.36. The summed E-state index contributed by atoms with van der Waals surface area (Å²) in [5.41, 5.74) is 2.32. The van der Waals surface area contributed by atoms with Gasteiger partial charge in [0.15, 0.2) is 0 Å². The maximum atomic E-state index is 13.0. The summed E-state index contributed by atoms with van der Waals surface area (Å²) >= 11 is 5.00. The molecule has 4 aromatic rings. The molecule has 0 aliphatic heterocycles. The van der Waals surface area contributed by atoms with Crippen LogP contribution in [0.3, 0.4) is 0 Å². The van der Waals surface area contributed by atoms with E-state index >= 15 is 0 Å². The fourth-order valence-electron chi connectivity index (χ4n) is 3.53. The second-order valence-corrected chi connectivity index (χ2v) is 17.1. The lowest BCUT2D eigenvalue weighted by molar-refractivity contribution is 0.0513. The predicted octanol–water partition coefficient (Wildman–Crippen LogP) is 7.26. The Morgan fingerprint density at radius 3 is 1.88 bits per heavy atom. The molecular formula is C25H26O4S3Si. The van der Waals surface area contributed by atoms with Gasteiger partial charge in [-0.1, -0.05) is 25.7 Å². The molecule has 0 bridgehead atoms. The fourth-order valence-corrected chi connectivity index (χ4v) is 8.70. The largest absolute Gasteiger partial charge is 0.462 e. The molecule has 0 aliphatic rings. The SMILES string of the molecule is CCOC(=O)c1cc(-c2cc3sc([Si](C)(C)C)cc3s2)c(C(=O)OCC)cc1-c1cccs1. The van der Waals surface area contributed by atoms with Gasteiger partial charge < -0.3 is 9.47 Å². The van der Waals surface area contributed by atoms with Crippen molar-refractivity contribution in [2.24, 2.45) is 0 Å². The topological polar surface area (TPSA) is 52.6 Å². The third-order valence-electron chi connectivity index (χ3n) is 5.15. The molecule has 0 saturated carbocycles. The molecule has 3 heterocycles. The van der Waals surface area contributed by atoms with Crippen molar-refractivity contribution in [3.63, 3.8) is 0 Å². The minimum Gasteiger partial charge on any atom is -0.462 e. The standard InChI is InChI=1S/C25H26O4S3Si/c1-6-28-24(26)17-12-16(20-13-21-22(31-20)14-23(32-21)33(3,4)5)18(25(27)29-7-2)11-15(17)19-9-8-10-30-19/h8-14H,6-7H2,1-5H3. The average Bonchev–Trinajstić information content (AvgIpc) is 3.49. The van der Waals surface area contributed by atoms with E-state index in [2.05, 4.69) is 31.8 Å². The van der Waals surface area contributed by atoms with Gasteiger partial charge in [-0.25, -0.2) is 9.59 Å². The van der Waals surface area contributed by atoms with Crippen LogP contribution < -0.4 is 4.50 Å². The van der Waals surface area contributed by atoms with Crippen LogP contribution in [0.25, 0.3) is 30.3 Å². The van der Waals surface area contributed by atoms with Crippen LogP contribution >= 0.6 is 34.0 Å². The summed E-state index contributed by atoms with van der Waals surface area (Å²) in [6, 6.07) is 11.9. The van der Waals surface area contributed by atoms with Crippen LogP contribution in [0.15, 0.2) is 41.8 Å². The number of ether oxygens (including phenoxy) is 2. The molecule has 1 aromatic carbocycles. The van der Waals surface area contributed by atoms with Gasteiger partial charge in [0.05, 0.1) is 32.4 Å². The summed E-state index contributed by atoms with van der Waals surface area (Å²) in [6.07, 6.45) is 0. The Morgan fingerprint density at radius 1 is 0.818 bits per heavy atom. The monoisotopic (exact) mass is 514 g/mol. The van der Waals surface area contributed by atoms with E-state index in [-0.39, 0.29) is 19.2 Å². The number of fused-ring (bicyclic) bond motifs is 1. The van der Waals surface area contributed by atoms with Crippen LogP contribution in [0.1, 0.15) is 34.6 Å². The molecule has 8 heteroatoms. The fraction of sp³-hybridized carbons (Fsp3) is 0.280. The van der Waals surface area contributed by atoms with E-state index in [0.29, 0.717) is 22.3 Å². The molecule has 0 atom stereocenters. The molecule has 0 radical (unpaired) electrons. The van der Waals surface area contributed by atoms with Gasteiger partial charge in [-0.3, -0.25) is 0 Å². The molecule has 33 heavy (non-hydrogen) atoms. The summed E-state index contributed by atoms with van der Waals surface area (Å²) in [6.45, 7) is 11.2. The first kappa shape index (κ1) is 23.9. The number of thiophene rings is 3. The highest BCUT2D eigenvalue weighted by Gasteiger charge is 2.25. The number of hydrogen-bond donors (Lipinski definition) is 0. The van der Waals surface area contributed by atoms with E-state index in [1.807, 2.05) is 28.8 Å². The Hall–Kier alpha value is -2.26. The number of carbonyl (C=O) groups excluding carboxylic acids is 2. The highest BCUT2D eigenvalue weighted by atomic mass is 32.1. The summed E-state index contributed by atoms with van der Waals surface area (Å²) < 4.78 is 14.6. The minimum absolute atomic E-state index is 0.283. The molecule has 4 rings (SSSR count). The van der Waals surface area contributed by atoms with E-state index < -0.39 is 14.0 Å². The van der Waals surface area contributed by atoms with E-state index in [1.54, 1.807) is 37.3 Å². The molecule has 0 unspecified atom stereocenters. The van der Waals surface area contributed by atoms with Crippen LogP contribution in [-0.4, -0.2) is 33.2 Å². The number of hydrogen-bond acceptors (Lipinski definition) is 7. The van der Waals surface area contributed by atoms with Crippen LogP contribution in [0.4, 0.5) is 0 Å². The van der Waals surface area contributed by atoms with Crippen molar-refractivity contribution in [3.05, 3.63) is 52.9 Å². The third-order valence-corrected chi connectivity index (χ3v) is 12.0. The van der Waals surface area contributed by atoms with Crippen LogP contribution in [0.2, 0.25) is 19.6 Å². The minimum atomic E-state index is -1.40. The second-order valence-electron chi connectivity index (χ2n) is 8.56. The lowest BCUT2D eigenvalue weighted by atomic mass is 9.96. The van der Waals surface area contributed by atoms with Crippen molar-refractivity contribution in [2.45, 2.75) is 33.5 Å². The molecule has 3 aromatic heterocycles. The van der Waals surface area contributed by atoms with E-state index in [9.17, 15) is 9.59 Å². The maximum Gasteiger partial charge on any atom is 0.338 e. The zero-order valence-electron chi connectivity index (χ0n) is 19.3. The Kier molecular flexibility index (Phi) is 6.90. The molecule has 0 amide bonds. The number of benzene rings is 1. The molecule has 4 nitrogen and oxygen atoms in total. The van der Waals surface area contributed by atoms with Gasteiger partial charge >= 0.3 is 11.9 Å². The molecule has 0 saturated heterocycles. The van der Waals surface area contributed by atoms with Gasteiger partial charge in [-0.05, 0) is 54.1 Å². The van der Waals surface area contributed by atoms with Crippen molar-refractivity contribution >= 4 is 67.9 Å². The molecular weight excluding hydrogens is 489 g/mol. The van der Waals surface area contributed by atoms with E-state index in [1.165, 1.54) is 25.2 Å². The number of carbonyl (C=O) groups is 2. The lowest BCUT2D eigenvalue weighted by Gasteiger charge is -2.14. The van der Waals surface area contributed by atoms with Crippen molar-refractivity contribution < 1.29 is 19.1 Å². The molecule has 0 N–H and O–H groups in total. The van der Waals surface area contributed by atoms with Crippen LogP contribution in [-0.2, 0) is 9.47 Å². The summed E-state index contributed by atoms with van der Waals surface area (Å²) in [7, 11) is -1.40. The molecule has 172 valence electrons. The zero-order chi connectivity index (χ0) is 23.8.